The Bertz CT molecular complexity index is 341. The molecule has 0 radical (unpaired) electrons. The second-order valence-electron chi connectivity index (χ2n) is 4.93. The van der Waals surface area contributed by atoms with Gasteiger partial charge in [0.1, 0.15) is 0 Å². The predicted molar refractivity (Wildman–Crippen MR) is 87.1 cm³/mol. The molecule has 0 aliphatic rings. The molecule has 1 aromatic carbocycles. The maximum Gasteiger partial charge on any atom is 0.0463 e. The second kappa shape index (κ2) is 8.88. The molecule has 0 aliphatic heterocycles. The second-order valence-corrected chi connectivity index (χ2v) is 6.17. The summed E-state index contributed by atoms with van der Waals surface area (Å²) in [6, 6.07) is 8.89. The van der Waals surface area contributed by atoms with Crippen LogP contribution in [0.5, 0.6) is 0 Å². The maximum atomic E-state index is 5.73. The highest BCUT2D eigenvalue weighted by molar-refractivity contribution is 14.1. The highest BCUT2D eigenvalue weighted by atomic mass is 127. The van der Waals surface area contributed by atoms with Crippen LogP contribution in [0.3, 0.4) is 0 Å². The van der Waals surface area contributed by atoms with Crippen LogP contribution in [0.1, 0.15) is 57.6 Å². The molecule has 0 amide bonds. The van der Waals surface area contributed by atoms with E-state index in [1.807, 2.05) is 0 Å². The summed E-state index contributed by atoms with van der Waals surface area (Å²) in [6.45, 7) is 4.54. The fraction of sp³-hybridized carbons (Fsp3) is 0.600. The molecular weight excluding hydrogens is 335 g/mol. The lowest BCUT2D eigenvalue weighted by atomic mass is 9.89. The number of unbranched alkanes of at least 4 members (excludes halogenated alkanes) is 1. The van der Waals surface area contributed by atoms with Crippen LogP contribution in [-0.2, 0) is 0 Å². The first-order chi connectivity index (χ1) is 8.71. The Morgan fingerprint density at radius 3 is 2.67 bits per heavy atom. The summed E-state index contributed by atoms with van der Waals surface area (Å²) in [4.78, 5) is 0. The Morgan fingerprint density at radius 1 is 1.33 bits per heavy atom. The Hall–Kier alpha value is -0.130. The first-order valence-corrected chi connectivity index (χ1v) is 8.00. The van der Waals surface area contributed by atoms with Crippen molar-refractivity contribution in [1.82, 2.24) is 5.43 Å². The zero-order valence-electron chi connectivity index (χ0n) is 11.5. The van der Waals surface area contributed by atoms with Gasteiger partial charge < -0.3 is 0 Å². The molecule has 0 aliphatic carbocycles. The van der Waals surface area contributed by atoms with Crippen molar-refractivity contribution in [2.24, 2.45) is 11.8 Å². The van der Waals surface area contributed by atoms with E-state index in [0.717, 1.165) is 12.3 Å². The number of hydrogen-bond acceptors (Lipinski definition) is 2. The van der Waals surface area contributed by atoms with Gasteiger partial charge in [-0.15, -0.1) is 0 Å². The fourth-order valence-corrected chi connectivity index (χ4v) is 2.91. The molecule has 2 unspecified atom stereocenters. The van der Waals surface area contributed by atoms with Crippen LogP contribution in [-0.4, -0.2) is 0 Å². The minimum Gasteiger partial charge on any atom is -0.271 e. The monoisotopic (exact) mass is 360 g/mol. The van der Waals surface area contributed by atoms with Crippen LogP contribution in [0.2, 0.25) is 0 Å². The minimum absolute atomic E-state index is 0.279. The average molecular weight is 360 g/mol. The molecule has 0 fully saturated rings. The van der Waals surface area contributed by atoms with Gasteiger partial charge in [-0.1, -0.05) is 51.7 Å². The van der Waals surface area contributed by atoms with Crippen LogP contribution in [0.25, 0.3) is 0 Å². The molecule has 1 aromatic rings. The van der Waals surface area contributed by atoms with Crippen LogP contribution in [0.15, 0.2) is 24.3 Å². The highest BCUT2D eigenvalue weighted by Gasteiger charge is 2.15. The van der Waals surface area contributed by atoms with Gasteiger partial charge in [-0.25, -0.2) is 0 Å². The topological polar surface area (TPSA) is 38.0 Å². The molecule has 0 heterocycles. The average Bonchev–Trinajstić information content (AvgIpc) is 2.39. The smallest absolute Gasteiger partial charge is 0.0463 e. The minimum atomic E-state index is 0.279. The fourth-order valence-electron chi connectivity index (χ4n) is 2.34. The van der Waals surface area contributed by atoms with Gasteiger partial charge in [0, 0.05) is 9.61 Å². The van der Waals surface area contributed by atoms with E-state index >= 15 is 0 Å². The zero-order valence-corrected chi connectivity index (χ0v) is 13.6. The maximum absolute atomic E-state index is 5.73. The van der Waals surface area contributed by atoms with Crippen LogP contribution < -0.4 is 11.3 Å². The predicted octanol–water partition coefficient (Wildman–Crippen LogP) is 4.40. The summed E-state index contributed by atoms with van der Waals surface area (Å²) < 4.78 is 1.27. The van der Waals surface area contributed by atoms with E-state index < -0.39 is 0 Å². The largest absolute Gasteiger partial charge is 0.271 e. The molecule has 0 spiro atoms. The van der Waals surface area contributed by atoms with Crippen molar-refractivity contribution in [2.45, 2.75) is 52.0 Å². The van der Waals surface area contributed by atoms with Crippen LogP contribution >= 0.6 is 22.6 Å². The van der Waals surface area contributed by atoms with Crippen molar-refractivity contribution >= 4 is 22.6 Å². The SMILES string of the molecule is CCCCC(CC)CC(NN)c1cccc(I)c1. The molecule has 0 bridgehead atoms. The number of benzene rings is 1. The highest BCUT2D eigenvalue weighted by Crippen LogP contribution is 2.26. The van der Waals surface area contributed by atoms with Gasteiger partial charge in [0.05, 0.1) is 0 Å². The Kier molecular flexibility index (Phi) is 7.86. The number of halogens is 1. The molecule has 2 nitrogen and oxygen atoms in total. The molecule has 1 rings (SSSR count). The van der Waals surface area contributed by atoms with Crippen molar-refractivity contribution in [3.63, 3.8) is 0 Å². The van der Waals surface area contributed by atoms with Gasteiger partial charge in [-0.05, 0) is 52.6 Å². The number of nitrogens with two attached hydrogens (primary N) is 1. The molecule has 0 aromatic heterocycles. The van der Waals surface area contributed by atoms with Crippen molar-refractivity contribution < 1.29 is 0 Å². The summed E-state index contributed by atoms with van der Waals surface area (Å²) >= 11 is 2.35. The third-order valence-corrected chi connectivity index (χ3v) is 4.24. The van der Waals surface area contributed by atoms with Gasteiger partial charge in [-0.3, -0.25) is 11.3 Å². The zero-order chi connectivity index (χ0) is 13.4. The van der Waals surface area contributed by atoms with Crippen molar-refractivity contribution in [2.75, 3.05) is 0 Å². The number of hydrazine groups is 1. The number of rotatable bonds is 8. The summed E-state index contributed by atoms with van der Waals surface area (Å²) in [7, 11) is 0. The molecule has 0 saturated carbocycles. The van der Waals surface area contributed by atoms with E-state index in [4.69, 9.17) is 5.84 Å². The van der Waals surface area contributed by atoms with E-state index in [2.05, 4.69) is 66.1 Å². The van der Waals surface area contributed by atoms with E-state index in [0.29, 0.717) is 0 Å². The van der Waals surface area contributed by atoms with Gasteiger partial charge in [0.2, 0.25) is 0 Å². The Labute approximate surface area is 125 Å². The summed E-state index contributed by atoms with van der Waals surface area (Å²) in [6.07, 6.45) is 6.28. The van der Waals surface area contributed by atoms with E-state index in [1.165, 1.54) is 34.8 Å². The van der Waals surface area contributed by atoms with E-state index in [9.17, 15) is 0 Å². The summed E-state index contributed by atoms with van der Waals surface area (Å²) in [5.74, 6) is 6.50. The first kappa shape index (κ1) is 15.9. The van der Waals surface area contributed by atoms with Gasteiger partial charge in [-0.2, -0.15) is 0 Å². The summed E-state index contributed by atoms with van der Waals surface area (Å²) in [5.41, 5.74) is 4.29. The lowest BCUT2D eigenvalue weighted by molar-refractivity contribution is 0.356. The van der Waals surface area contributed by atoms with Crippen LogP contribution in [0.4, 0.5) is 0 Å². The Balaban J connectivity index is 2.65. The van der Waals surface area contributed by atoms with Gasteiger partial charge >= 0.3 is 0 Å². The Morgan fingerprint density at radius 2 is 2.11 bits per heavy atom. The normalized spacial score (nSPS) is 14.4. The van der Waals surface area contributed by atoms with Gasteiger partial charge in [0.25, 0.3) is 0 Å². The lowest BCUT2D eigenvalue weighted by Crippen LogP contribution is -2.29. The summed E-state index contributed by atoms with van der Waals surface area (Å²) in [5, 5.41) is 0. The third-order valence-electron chi connectivity index (χ3n) is 3.56. The van der Waals surface area contributed by atoms with Crippen molar-refractivity contribution in [3.8, 4) is 0 Å². The van der Waals surface area contributed by atoms with Gasteiger partial charge in [0.15, 0.2) is 0 Å². The molecule has 0 saturated heterocycles. The van der Waals surface area contributed by atoms with Crippen molar-refractivity contribution in [1.29, 1.82) is 0 Å². The molecule has 3 heteroatoms. The molecule has 18 heavy (non-hydrogen) atoms. The quantitative estimate of drug-likeness (QED) is 0.410. The lowest BCUT2D eigenvalue weighted by Gasteiger charge is -2.22. The first-order valence-electron chi connectivity index (χ1n) is 6.92. The number of nitrogens with one attached hydrogen (secondary N) is 1. The van der Waals surface area contributed by atoms with Crippen molar-refractivity contribution in [3.05, 3.63) is 33.4 Å². The third kappa shape index (κ3) is 5.24. The molecule has 2 atom stereocenters. The standard InChI is InChI=1S/C15H25IN2/c1-3-5-7-12(4-2)10-15(18-17)13-8-6-9-14(16)11-13/h6,8-9,11-12,15,18H,3-5,7,10,17H2,1-2H3. The van der Waals surface area contributed by atoms with E-state index in [1.54, 1.807) is 0 Å². The molecular formula is C15H25IN2. The number of hydrogen-bond donors (Lipinski definition) is 2. The van der Waals surface area contributed by atoms with E-state index in [-0.39, 0.29) is 6.04 Å². The molecule has 102 valence electrons. The molecule has 3 N–H and O–H groups in total. The van der Waals surface area contributed by atoms with Crippen LogP contribution in [0, 0.1) is 9.49 Å².